The summed E-state index contributed by atoms with van der Waals surface area (Å²) in [5.41, 5.74) is 2.38. The third kappa shape index (κ3) is 9.97. The summed E-state index contributed by atoms with van der Waals surface area (Å²) in [6, 6.07) is 32.5. The summed E-state index contributed by atoms with van der Waals surface area (Å²) in [6.45, 7) is 5.52. The molecule has 0 fully saturated rings. The number of carbonyl (C=O) groups is 1. The number of alkyl halides is 1. The number of aromatic amines is 3. The highest BCUT2D eigenvalue weighted by Crippen LogP contribution is 2.29. The van der Waals surface area contributed by atoms with Crippen LogP contribution in [0.1, 0.15) is 67.1 Å². The summed E-state index contributed by atoms with van der Waals surface area (Å²) in [7, 11) is 4.73. The maximum atomic E-state index is 13.3. The molecule has 10 rings (SSSR count). The monoisotopic (exact) mass is 1020 g/mol. The molecule has 0 saturated carbocycles. The number of ether oxygens (including phenoxy) is 1. The largest absolute Gasteiger partial charge is 0.443 e. The van der Waals surface area contributed by atoms with Gasteiger partial charge in [-0.25, -0.2) is 28.9 Å². The Morgan fingerprint density at radius 3 is 1.96 bits per heavy atom. The van der Waals surface area contributed by atoms with E-state index in [1.165, 1.54) is 20.7 Å². The smallest absolute Gasteiger partial charge is 0.419 e. The summed E-state index contributed by atoms with van der Waals surface area (Å²) in [6.07, 6.45) is -2.47. The molecule has 18 nitrogen and oxygen atoms in total. The van der Waals surface area contributed by atoms with E-state index in [1.54, 1.807) is 73.3 Å². The number of aromatic nitrogens is 10. The molecule has 0 bridgehead atoms. The molecule has 21 heteroatoms. The van der Waals surface area contributed by atoms with Crippen molar-refractivity contribution in [3.63, 3.8) is 0 Å². The molecule has 366 valence electrons. The number of hydrogen-bond donors (Lipinski definition) is 5. The number of imidazole rings is 2. The van der Waals surface area contributed by atoms with Gasteiger partial charge in [-0.3, -0.25) is 28.3 Å². The SMILES string of the molecule is CC(C)(C)OC(=O)n1c(CCl)cc2c(Cl)cccc21.Cn1c(=O)[nH]c(=O)c2[nH]c(C(O)c3ccccc3)nc21.Cn1c(C(O)c2ccccc2)nc2c1c(=O)n(Cc1cc3c(Cl)cccc3[nH]1)c(=O)n2C. The van der Waals surface area contributed by atoms with Crippen molar-refractivity contribution in [1.29, 1.82) is 0 Å². The topological polar surface area (TPSA) is 233 Å². The van der Waals surface area contributed by atoms with Crippen molar-refractivity contribution < 1.29 is 19.7 Å². The maximum absolute atomic E-state index is 13.3. The van der Waals surface area contributed by atoms with E-state index in [0.717, 1.165) is 20.9 Å². The summed E-state index contributed by atoms with van der Waals surface area (Å²) >= 11 is 18.3. The summed E-state index contributed by atoms with van der Waals surface area (Å²) in [4.78, 5) is 78.6. The number of nitrogens with zero attached hydrogens (tertiary/aromatic N) is 7. The van der Waals surface area contributed by atoms with Crippen LogP contribution in [0.3, 0.4) is 0 Å². The van der Waals surface area contributed by atoms with Crippen LogP contribution < -0.4 is 22.5 Å². The molecule has 2 unspecified atom stereocenters. The Morgan fingerprint density at radius 2 is 1.34 bits per heavy atom. The second-order valence-corrected chi connectivity index (χ2v) is 18.5. The van der Waals surface area contributed by atoms with Crippen molar-refractivity contribution in [3.05, 3.63) is 195 Å². The average molecular weight is 1020 g/mol. The van der Waals surface area contributed by atoms with Gasteiger partial charge in [-0.2, -0.15) is 0 Å². The lowest BCUT2D eigenvalue weighted by molar-refractivity contribution is 0.0541. The van der Waals surface area contributed by atoms with Crippen molar-refractivity contribution in [3.8, 4) is 0 Å². The number of nitrogens with one attached hydrogen (secondary N) is 3. The van der Waals surface area contributed by atoms with Gasteiger partial charge in [0.2, 0.25) is 0 Å². The number of aryl methyl sites for hydroxylation is 3. The minimum Gasteiger partial charge on any atom is -0.443 e. The molecular weight excluding hydrogens is 975 g/mol. The molecule has 5 N–H and O–H groups in total. The summed E-state index contributed by atoms with van der Waals surface area (Å²) in [5.74, 6) is 0.718. The van der Waals surface area contributed by atoms with E-state index in [0.29, 0.717) is 38.1 Å². The number of rotatable bonds is 7. The van der Waals surface area contributed by atoms with Gasteiger partial charge < -0.3 is 29.5 Å². The standard InChI is InChI=1S/C23H20ClN5O3.C14H15Cl2NO2.C13H12N4O3/c1-27-18-20(26-21(27)19(30)13-7-4-3-5-8-13)28(2)23(32)29(22(18)31)12-14-11-15-16(24)9-6-10-17(15)25-14;1-14(2,3)19-13(18)17-9(8-15)7-10-11(16)5-4-6-12(10)17;1-17-11-8(12(19)16-13(17)20)14-10(15-11)9(18)7-5-3-2-4-6-7/h3-11,19,25,30H,12H2,1-2H3;4-7H,8H2,1-3H3;2-6,9,18H,1H3,(H,14,15)(H,16,19,20). The zero-order valence-electron chi connectivity index (χ0n) is 39.1. The minimum absolute atomic E-state index is 0.0498. The maximum Gasteiger partial charge on any atom is 0.419 e. The highest BCUT2D eigenvalue weighted by molar-refractivity contribution is 6.36. The highest BCUT2D eigenvalue weighted by atomic mass is 35.5. The number of benzene rings is 4. The molecule has 0 aliphatic heterocycles. The number of halogens is 3. The van der Waals surface area contributed by atoms with Crippen LogP contribution in [0.25, 0.3) is 44.1 Å². The van der Waals surface area contributed by atoms with Gasteiger partial charge in [-0.15, -0.1) is 11.6 Å². The van der Waals surface area contributed by atoms with E-state index in [2.05, 4.69) is 24.9 Å². The molecule has 0 aliphatic rings. The predicted molar refractivity (Wildman–Crippen MR) is 274 cm³/mol. The number of fused-ring (bicyclic) bond motifs is 4. The molecule has 0 aliphatic carbocycles. The predicted octanol–water partition coefficient (Wildman–Crippen LogP) is 7.55. The van der Waals surface area contributed by atoms with Gasteiger partial charge in [-0.1, -0.05) is 96.0 Å². The molecule has 10 aromatic rings. The van der Waals surface area contributed by atoms with Gasteiger partial charge in [0, 0.05) is 58.9 Å². The van der Waals surface area contributed by atoms with Crippen LogP contribution in [0.15, 0.2) is 128 Å². The van der Waals surface area contributed by atoms with Crippen LogP contribution >= 0.6 is 34.8 Å². The van der Waals surface area contributed by atoms with Crippen LogP contribution in [0, 0.1) is 0 Å². The van der Waals surface area contributed by atoms with Crippen molar-refractivity contribution in [1.82, 2.24) is 47.8 Å². The fraction of sp³-hybridized carbons (Fsp3) is 0.220. The molecule has 4 aromatic carbocycles. The Morgan fingerprint density at radius 1 is 0.718 bits per heavy atom. The molecule has 0 amide bonds. The van der Waals surface area contributed by atoms with E-state index in [1.807, 2.05) is 75.4 Å². The summed E-state index contributed by atoms with van der Waals surface area (Å²) in [5, 5.41) is 23.9. The molecule has 2 atom stereocenters. The van der Waals surface area contributed by atoms with E-state index in [9.17, 15) is 34.2 Å². The second-order valence-electron chi connectivity index (χ2n) is 17.5. The Hall–Kier alpha value is -7.48. The molecular formula is C50H47Cl3N10O8. The minimum atomic E-state index is -1.03. The van der Waals surface area contributed by atoms with Crippen LogP contribution in [0.4, 0.5) is 4.79 Å². The highest BCUT2D eigenvalue weighted by Gasteiger charge is 2.25. The number of H-pyrrole nitrogens is 3. The Bertz CT molecular complexity index is 3860. The van der Waals surface area contributed by atoms with Crippen molar-refractivity contribution in [2.45, 2.75) is 51.0 Å². The normalized spacial score (nSPS) is 12.4. The molecule has 6 heterocycles. The fourth-order valence-electron chi connectivity index (χ4n) is 7.98. The molecule has 0 spiro atoms. The zero-order chi connectivity index (χ0) is 51.1. The quantitative estimate of drug-likeness (QED) is 0.0984. The van der Waals surface area contributed by atoms with E-state index in [-0.39, 0.29) is 46.4 Å². The lowest BCUT2D eigenvalue weighted by Crippen LogP contribution is -2.39. The number of aliphatic hydroxyl groups excluding tert-OH is 2. The Balaban J connectivity index is 0.000000151. The van der Waals surface area contributed by atoms with Gasteiger partial charge in [0.1, 0.15) is 35.0 Å². The fourth-order valence-corrected chi connectivity index (χ4v) is 8.63. The zero-order valence-corrected chi connectivity index (χ0v) is 41.3. The lowest BCUT2D eigenvalue weighted by Gasteiger charge is -2.20. The number of carbonyl (C=O) groups excluding carboxylic acids is 1. The second kappa shape index (κ2) is 20.1. The van der Waals surface area contributed by atoms with Crippen LogP contribution in [0.5, 0.6) is 0 Å². The van der Waals surface area contributed by atoms with E-state index >= 15 is 0 Å². The summed E-state index contributed by atoms with van der Waals surface area (Å²) < 4.78 is 12.1. The first-order chi connectivity index (χ1) is 33.8. The Labute approximate surface area is 417 Å². The molecule has 71 heavy (non-hydrogen) atoms. The van der Waals surface area contributed by atoms with Crippen molar-refractivity contribution in [2.75, 3.05) is 0 Å². The first kappa shape index (κ1) is 49.9. The van der Waals surface area contributed by atoms with Gasteiger partial charge in [-0.05, 0) is 68.3 Å². The molecule has 0 radical (unpaired) electrons. The molecule has 6 aromatic heterocycles. The van der Waals surface area contributed by atoms with Gasteiger partial charge in [0.05, 0.1) is 17.9 Å². The van der Waals surface area contributed by atoms with E-state index in [4.69, 9.17) is 39.5 Å². The Kier molecular flexibility index (Phi) is 14.1. The van der Waals surface area contributed by atoms with Crippen molar-refractivity contribution >= 4 is 85.0 Å². The number of hydrogen-bond acceptors (Lipinski definition) is 10. The first-order valence-corrected chi connectivity index (χ1v) is 23.2. The average Bonchev–Trinajstić information content (AvgIpc) is 4.15. The van der Waals surface area contributed by atoms with Crippen molar-refractivity contribution in [2.24, 2.45) is 21.1 Å². The van der Waals surface area contributed by atoms with Gasteiger partial charge in [0.15, 0.2) is 16.8 Å². The third-order valence-corrected chi connectivity index (χ3v) is 12.4. The van der Waals surface area contributed by atoms with Crippen LogP contribution in [0.2, 0.25) is 10.0 Å². The van der Waals surface area contributed by atoms with Gasteiger partial charge in [0.25, 0.3) is 11.1 Å². The lowest BCUT2D eigenvalue weighted by atomic mass is 10.1. The van der Waals surface area contributed by atoms with Crippen LogP contribution in [-0.4, -0.2) is 69.7 Å². The first-order valence-electron chi connectivity index (χ1n) is 21.9. The van der Waals surface area contributed by atoms with Gasteiger partial charge >= 0.3 is 17.5 Å². The number of aliphatic hydroxyl groups is 2. The van der Waals surface area contributed by atoms with E-state index < -0.39 is 46.4 Å². The van der Waals surface area contributed by atoms with Crippen LogP contribution in [-0.2, 0) is 38.3 Å². The molecule has 0 saturated heterocycles. The third-order valence-electron chi connectivity index (χ3n) is 11.5.